The average Bonchev–Trinajstić information content (AvgIpc) is 3.07. The van der Waals surface area contributed by atoms with E-state index in [0.717, 1.165) is 28.7 Å². The fraction of sp³-hybridized carbons (Fsp3) is 0.286. The first-order valence-electron chi connectivity index (χ1n) is 9.26. The Bertz CT molecular complexity index is 952. The van der Waals surface area contributed by atoms with E-state index in [4.69, 9.17) is 5.10 Å². The van der Waals surface area contributed by atoms with E-state index in [9.17, 15) is 4.79 Å². The van der Waals surface area contributed by atoms with Gasteiger partial charge in [-0.25, -0.2) is 0 Å². The van der Waals surface area contributed by atoms with Crippen molar-refractivity contribution in [3.8, 4) is 11.4 Å². The van der Waals surface area contributed by atoms with Crippen LogP contribution in [0.5, 0.6) is 0 Å². The molecule has 0 fully saturated rings. The summed E-state index contributed by atoms with van der Waals surface area (Å²) in [5, 5.41) is 7.84. The highest BCUT2D eigenvalue weighted by molar-refractivity contribution is 9.10. The van der Waals surface area contributed by atoms with Crippen LogP contribution in [0.15, 0.2) is 53.1 Å². The lowest BCUT2D eigenvalue weighted by atomic mass is 9.95. The maximum Gasteiger partial charge on any atom is 0.251 e. The van der Waals surface area contributed by atoms with Crippen LogP contribution in [0.25, 0.3) is 11.4 Å². The average molecular weight is 425 g/mol. The van der Waals surface area contributed by atoms with Crippen molar-refractivity contribution in [2.24, 2.45) is 0 Å². The monoisotopic (exact) mass is 424 g/mol. The number of fused-ring (bicyclic) bond motifs is 1. The van der Waals surface area contributed by atoms with Crippen LogP contribution in [0.1, 0.15) is 34.5 Å². The molecule has 5 nitrogen and oxygen atoms in total. The van der Waals surface area contributed by atoms with Gasteiger partial charge in [0.1, 0.15) is 5.69 Å². The molecule has 0 unspecified atom stereocenters. The van der Waals surface area contributed by atoms with Crippen LogP contribution in [-0.2, 0) is 19.4 Å². The quantitative estimate of drug-likeness (QED) is 0.672. The van der Waals surface area contributed by atoms with Crippen molar-refractivity contribution in [2.75, 3.05) is 6.54 Å². The van der Waals surface area contributed by atoms with E-state index in [2.05, 4.69) is 30.9 Å². The third kappa shape index (κ3) is 3.95. The summed E-state index contributed by atoms with van der Waals surface area (Å²) in [7, 11) is 0. The van der Waals surface area contributed by atoms with Gasteiger partial charge in [-0.2, -0.15) is 5.10 Å². The maximum absolute atomic E-state index is 12.3. The molecule has 0 bridgehead atoms. The number of hydrogen-bond acceptors (Lipinski definition) is 3. The fourth-order valence-electron chi connectivity index (χ4n) is 3.57. The largest absolute Gasteiger partial charge is 0.350 e. The van der Waals surface area contributed by atoms with Crippen LogP contribution in [0, 0.1) is 0 Å². The second-order valence-corrected chi connectivity index (χ2v) is 7.60. The van der Waals surface area contributed by atoms with Gasteiger partial charge in [0.15, 0.2) is 0 Å². The number of hydrogen-bond donors (Lipinski definition) is 1. The molecule has 0 saturated heterocycles. The third-order valence-electron chi connectivity index (χ3n) is 4.86. The summed E-state index contributed by atoms with van der Waals surface area (Å²) in [6.07, 6.45) is 6.27. The Morgan fingerprint density at radius 1 is 1.15 bits per heavy atom. The molecular formula is C21H21BrN4O. The molecule has 27 heavy (non-hydrogen) atoms. The molecule has 1 aliphatic rings. The molecule has 0 saturated carbocycles. The van der Waals surface area contributed by atoms with Crippen molar-refractivity contribution >= 4 is 21.8 Å². The molecule has 3 aromatic rings. The molecule has 0 atom stereocenters. The summed E-state index contributed by atoms with van der Waals surface area (Å²) < 4.78 is 2.95. The standard InChI is InChI=1S/C21H21BrN4O/c22-16-7-5-6-15(14-16)21(27)24-12-13-26-19-10-2-1-8-17(19)20(25-26)18-9-3-4-11-23-18/h3-7,9,11,14H,1-2,8,10,12-13H2,(H,24,27). The van der Waals surface area contributed by atoms with Gasteiger partial charge in [0, 0.05) is 34.0 Å². The zero-order chi connectivity index (χ0) is 18.6. The van der Waals surface area contributed by atoms with Gasteiger partial charge in [0.2, 0.25) is 0 Å². The first kappa shape index (κ1) is 17.9. The summed E-state index contributed by atoms with van der Waals surface area (Å²) in [6.45, 7) is 1.20. The van der Waals surface area contributed by atoms with Crippen LogP contribution >= 0.6 is 15.9 Å². The predicted octanol–water partition coefficient (Wildman–Crippen LogP) is 4.02. The Morgan fingerprint density at radius 2 is 2.04 bits per heavy atom. The fourth-order valence-corrected chi connectivity index (χ4v) is 3.97. The lowest BCUT2D eigenvalue weighted by Crippen LogP contribution is -2.28. The van der Waals surface area contributed by atoms with Gasteiger partial charge in [0.25, 0.3) is 5.91 Å². The zero-order valence-electron chi connectivity index (χ0n) is 15.0. The molecule has 2 aromatic heterocycles. The highest BCUT2D eigenvalue weighted by Gasteiger charge is 2.22. The molecule has 138 valence electrons. The molecule has 1 aromatic carbocycles. The van der Waals surface area contributed by atoms with Gasteiger partial charge in [-0.1, -0.05) is 28.1 Å². The summed E-state index contributed by atoms with van der Waals surface area (Å²) in [5.74, 6) is -0.0673. The van der Waals surface area contributed by atoms with Gasteiger partial charge >= 0.3 is 0 Å². The zero-order valence-corrected chi connectivity index (χ0v) is 16.6. The molecule has 4 rings (SSSR count). The molecule has 0 spiro atoms. The van der Waals surface area contributed by atoms with E-state index in [1.807, 2.05) is 48.7 Å². The van der Waals surface area contributed by atoms with Gasteiger partial charge in [-0.3, -0.25) is 14.5 Å². The van der Waals surface area contributed by atoms with Crippen molar-refractivity contribution in [2.45, 2.75) is 32.2 Å². The molecule has 2 heterocycles. The number of carbonyl (C=O) groups is 1. The van der Waals surface area contributed by atoms with Crippen molar-refractivity contribution in [1.82, 2.24) is 20.1 Å². The third-order valence-corrected chi connectivity index (χ3v) is 5.35. The van der Waals surface area contributed by atoms with Gasteiger partial charge in [0.05, 0.1) is 12.2 Å². The van der Waals surface area contributed by atoms with E-state index in [1.54, 1.807) is 0 Å². The normalized spacial score (nSPS) is 13.2. The number of nitrogens with zero attached hydrogens (tertiary/aromatic N) is 3. The van der Waals surface area contributed by atoms with E-state index in [-0.39, 0.29) is 5.91 Å². The Hall–Kier alpha value is -2.47. The summed E-state index contributed by atoms with van der Waals surface area (Å²) in [4.78, 5) is 16.8. The predicted molar refractivity (Wildman–Crippen MR) is 109 cm³/mol. The minimum atomic E-state index is -0.0673. The van der Waals surface area contributed by atoms with Gasteiger partial charge in [-0.05, 0) is 56.0 Å². The number of carbonyl (C=O) groups excluding carboxylic acids is 1. The second kappa shape index (κ2) is 8.05. The molecule has 6 heteroatoms. The highest BCUT2D eigenvalue weighted by atomic mass is 79.9. The minimum absolute atomic E-state index is 0.0673. The number of nitrogens with one attached hydrogen (secondary N) is 1. The lowest BCUT2D eigenvalue weighted by molar-refractivity contribution is 0.0951. The topological polar surface area (TPSA) is 59.8 Å². The molecule has 0 aliphatic heterocycles. The SMILES string of the molecule is O=C(NCCn1nc(-c2ccccn2)c2c1CCCC2)c1cccc(Br)c1. The van der Waals surface area contributed by atoms with Crippen molar-refractivity contribution in [3.63, 3.8) is 0 Å². The number of rotatable bonds is 5. The molecule has 1 N–H and O–H groups in total. The van der Waals surface area contributed by atoms with E-state index < -0.39 is 0 Å². The van der Waals surface area contributed by atoms with E-state index in [1.165, 1.54) is 24.1 Å². The van der Waals surface area contributed by atoms with Crippen molar-refractivity contribution in [3.05, 3.63) is 70.0 Å². The van der Waals surface area contributed by atoms with Crippen LogP contribution in [0.3, 0.4) is 0 Å². The summed E-state index contributed by atoms with van der Waals surface area (Å²) in [5.41, 5.74) is 5.18. The first-order chi connectivity index (χ1) is 13.2. The maximum atomic E-state index is 12.3. The van der Waals surface area contributed by atoms with Crippen molar-refractivity contribution < 1.29 is 4.79 Å². The van der Waals surface area contributed by atoms with Gasteiger partial charge < -0.3 is 5.32 Å². The van der Waals surface area contributed by atoms with E-state index in [0.29, 0.717) is 18.7 Å². The lowest BCUT2D eigenvalue weighted by Gasteiger charge is -2.14. The van der Waals surface area contributed by atoms with Crippen LogP contribution in [-0.4, -0.2) is 27.2 Å². The highest BCUT2D eigenvalue weighted by Crippen LogP contribution is 2.30. The minimum Gasteiger partial charge on any atom is -0.350 e. The smallest absolute Gasteiger partial charge is 0.251 e. The number of benzene rings is 1. The number of halogens is 1. The van der Waals surface area contributed by atoms with Crippen LogP contribution in [0.4, 0.5) is 0 Å². The van der Waals surface area contributed by atoms with Crippen molar-refractivity contribution in [1.29, 1.82) is 0 Å². The van der Waals surface area contributed by atoms with Gasteiger partial charge in [-0.15, -0.1) is 0 Å². The summed E-state index contributed by atoms with van der Waals surface area (Å²) >= 11 is 3.40. The number of aromatic nitrogens is 3. The number of pyridine rings is 1. The molecule has 0 radical (unpaired) electrons. The first-order valence-corrected chi connectivity index (χ1v) is 10.1. The Morgan fingerprint density at radius 3 is 2.85 bits per heavy atom. The Labute approximate surface area is 167 Å². The second-order valence-electron chi connectivity index (χ2n) is 6.69. The Balaban J connectivity index is 1.49. The summed E-state index contributed by atoms with van der Waals surface area (Å²) in [6, 6.07) is 13.3. The van der Waals surface area contributed by atoms with Crippen LogP contribution < -0.4 is 5.32 Å². The molecule has 1 amide bonds. The number of amides is 1. The molecule has 1 aliphatic carbocycles. The molecular weight excluding hydrogens is 404 g/mol. The Kier molecular flexibility index (Phi) is 5.34. The van der Waals surface area contributed by atoms with E-state index >= 15 is 0 Å². The van der Waals surface area contributed by atoms with Crippen LogP contribution in [0.2, 0.25) is 0 Å².